The van der Waals surface area contributed by atoms with Gasteiger partial charge in [-0.05, 0) is 57.2 Å². The predicted molar refractivity (Wildman–Crippen MR) is 103 cm³/mol. The lowest BCUT2D eigenvalue weighted by Crippen LogP contribution is -2.42. The van der Waals surface area contributed by atoms with E-state index in [0.29, 0.717) is 11.9 Å². The first-order valence-electron chi connectivity index (χ1n) is 8.59. The summed E-state index contributed by atoms with van der Waals surface area (Å²) in [4.78, 5) is 21.3. The third-order valence-corrected chi connectivity index (χ3v) is 5.08. The quantitative estimate of drug-likeness (QED) is 0.884. The number of anilines is 2. The Bertz CT molecular complexity index is 773. The number of nitrogens with zero attached hydrogens (tertiary/aromatic N) is 3. The van der Waals surface area contributed by atoms with Crippen molar-refractivity contribution in [2.75, 3.05) is 37.4 Å². The van der Waals surface area contributed by atoms with E-state index in [4.69, 9.17) is 11.6 Å². The number of hydrogen-bond acceptors (Lipinski definition) is 4. The minimum atomic E-state index is -0.658. The summed E-state index contributed by atoms with van der Waals surface area (Å²) in [5, 5.41) is 2.71. The lowest BCUT2D eigenvalue weighted by molar-refractivity contribution is 0.102. The predicted octanol–water partition coefficient (Wildman–Crippen LogP) is 3.66. The zero-order valence-corrected chi connectivity index (χ0v) is 15.6. The van der Waals surface area contributed by atoms with Crippen molar-refractivity contribution in [1.82, 2.24) is 9.88 Å². The molecular weight excluding hydrogens is 355 g/mol. The van der Waals surface area contributed by atoms with Gasteiger partial charge in [0.05, 0.1) is 10.6 Å². The van der Waals surface area contributed by atoms with Gasteiger partial charge in [0.2, 0.25) is 0 Å². The fourth-order valence-corrected chi connectivity index (χ4v) is 3.40. The molecular formula is C19H22ClFN4O. The Morgan fingerprint density at radius 2 is 1.96 bits per heavy atom. The van der Waals surface area contributed by atoms with Crippen LogP contribution in [0.2, 0.25) is 5.02 Å². The number of hydrogen-bond donors (Lipinski definition) is 1. The lowest BCUT2D eigenvalue weighted by atomic mass is 10.0. The van der Waals surface area contributed by atoms with E-state index in [-0.39, 0.29) is 10.6 Å². The third kappa shape index (κ3) is 4.14. The maximum Gasteiger partial charge on any atom is 0.261 e. The maximum atomic E-state index is 13.9. The molecule has 3 rings (SSSR count). The van der Waals surface area contributed by atoms with Gasteiger partial charge in [0, 0.05) is 13.1 Å². The molecule has 0 spiro atoms. The third-order valence-electron chi connectivity index (χ3n) is 4.76. The summed E-state index contributed by atoms with van der Waals surface area (Å²) in [6.45, 7) is 2.11. The monoisotopic (exact) mass is 376 g/mol. The van der Waals surface area contributed by atoms with E-state index < -0.39 is 11.7 Å². The Morgan fingerprint density at radius 1 is 1.27 bits per heavy atom. The van der Waals surface area contributed by atoms with E-state index in [2.05, 4.69) is 27.1 Å². The van der Waals surface area contributed by atoms with Gasteiger partial charge < -0.3 is 15.1 Å². The summed E-state index contributed by atoms with van der Waals surface area (Å²) in [7, 11) is 4.14. The van der Waals surface area contributed by atoms with Crippen LogP contribution in [0.1, 0.15) is 23.2 Å². The molecule has 0 bridgehead atoms. The van der Waals surface area contributed by atoms with Gasteiger partial charge in [0.15, 0.2) is 0 Å². The Balaban J connectivity index is 1.74. The van der Waals surface area contributed by atoms with Gasteiger partial charge in [-0.3, -0.25) is 4.79 Å². The summed E-state index contributed by atoms with van der Waals surface area (Å²) in [5.41, 5.74) is -0.176. The molecule has 0 atom stereocenters. The van der Waals surface area contributed by atoms with Crippen LogP contribution in [0.15, 0.2) is 36.4 Å². The molecule has 1 aromatic carbocycles. The number of piperidine rings is 1. The Hall–Kier alpha value is -2.18. The number of pyridine rings is 1. The molecule has 0 saturated carbocycles. The number of halogens is 2. The van der Waals surface area contributed by atoms with E-state index in [1.165, 1.54) is 18.2 Å². The van der Waals surface area contributed by atoms with Crippen LogP contribution >= 0.6 is 11.6 Å². The van der Waals surface area contributed by atoms with E-state index in [0.717, 1.165) is 31.7 Å². The molecule has 26 heavy (non-hydrogen) atoms. The van der Waals surface area contributed by atoms with Gasteiger partial charge in [-0.25, -0.2) is 9.37 Å². The van der Waals surface area contributed by atoms with Crippen molar-refractivity contribution in [2.45, 2.75) is 18.9 Å². The molecule has 2 heterocycles. The van der Waals surface area contributed by atoms with Crippen LogP contribution in [0.4, 0.5) is 16.0 Å². The van der Waals surface area contributed by atoms with Crippen LogP contribution in [-0.2, 0) is 0 Å². The molecule has 7 heteroatoms. The average molecular weight is 377 g/mol. The van der Waals surface area contributed by atoms with Crippen LogP contribution in [0.3, 0.4) is 0 Å². The smallest absolute Gasteiger partial charge is 0.261 e. The van der Waals surface area contributed by atoms with Crippen molar-refractivity contribution in [1.29, 1.82) is 0 Å². The molecule has 138 valence electrons. The van der Waals surface area contributed by atoms with Crippen LogP contribution in [0.25, 0.3) is 0 Å². The molecule has 1 aromatic heterocycles. The molecule has 0 unspecified atom stereocenters. The van der Waals surface area contributed by atoms with Crippen molar-refractivity contribution in [3.8, 4) is 0 Å². The normalized spacial score (nSPS) is 15.7. The lowest BCUT2D eigenvalue weighted by Gasteiger charge is -2.35. The van der Waals surface area contributed by atoms with Gasteiger partial charge in [0.25, 0.3) is 5.91 Å². The van der Waals surface area contributed by atoms with Crippen LogP contribution in [-0.4, -0.2) is 49.0 Å². The minimum Gasteiger partial charge on any atom is -0.357 e. The largest absolute Gasteiger partial charge is 0.357 e. The molecule has 0 aliphatic carbocycles. The van der Waals surface area contributed by atoms with Gasteiger partial charge in [-0.1, -0.05) is 23.7 Å². The van der Waals surface area contributed by atoms with Crippen molar-refractivity contribution in [2.24, 2.45) is 0 Å². The number of carbonyl (C=O) groups excluding carboxylic acids is 1. The Morgan fingerprint density at radius 3 is 2.65 bits per heavy atom. The molecule has 1 aliphatic rings. The molecule has 1 saturated heterocycles. The summed E-state index contributed by atoms with van der Waals surface area (Å²) in [6, 6.07) is 9.97. The summed E-state index contributed by atoms with van der Waals surface area (Å²) in [5.74, 6) is -0.127. The van der Waals surface area contributed by atoms with Crippen LogP contribution in [0, 0.1) is 5.82 Å². The number of benzene rings is 1. The van der Waals surface area contributed by atoms with Gasteiger partial charge in [-0.15, -0.1) is 0 Å². The summed E-state index contributed by atoms with van der Waals surface area (Å²) < 4.78 is 13.9. The first-order valence-corrected chi connectivity index (χ1v) is 8.97. The highest BCUT2D eigenvalue weighted by Crippen LogP contribution is 2.23. The van der Waals surface area contributed by atoms with Crippen molar-refractivity contribution in [3.05, 3.63) is 52.8 Å². The second-order valence-electron chi connectivity index (χ2n) is 6.58. The van der Waals surface area contributed by atoms with Gasteiger partial charge >= 0.3 is 0 Å². The van der Waals surface area contributed by atoms with Crippen LogP contribution < -0.4 is 10.2 Å². The zero-order valence-electron chi connectivity index (χ0n) is 14.9. The van der Waals surface area contributed by atoms with Gasteiger partial charge in [0.1, 0.15) is 17.5 Å². The standard InChI is InChI=1S/C19H22ClFN4O/c1-24-11-9-13(10-12-24)25(2)17-8-4-7-16(22-17)23-19(26)18-14(20)5-3-6-15(18)21/h3-8,13H,9-12H2,1-2H3,(H,22,23,26). The molecule has 1 aliphatic heterocycles. The number of aromatic nitrogens is 1. The fraction of sp³-hybridized carbons (Fsp3) is 0.368. The summed E-state index contributed by atoms with van der Waals surface area (Å²) >= 11 is 5.95. The van der Waals surface area contributed by atoms with E-state index in [9.17, 15) is 9.18 Å². The number of carbonyl (C=O) groups is 1. The zero-order chi connectivity index (χ0) is 18.7. The molecule has 5 nitrogen and oxygen atoms in total. The maximum absolute atomic E-state index is 13.9. The topological polar surface area (TPSA) is 48.5 Å². The highest BCUT2D eigenvalue weighted by Gasteiger charge is 2.22. The summed E-state index contributed by atoms with van der Waals surface area (Å²) in [6.07, 6.45) is 2.13. The number of likely N-dealkylation sites (tertiary alicyclic amines) is 1. The molecule has 1 amide bonds. The second kappa shape index (κ2) is 8.01. The molecule has 2 aromatic rings. The average Bonchev–Trinajstić information content (AvgIpc) is 2.62. The van der Waals surface area contributed by atoms with Gasteiger partial charge in [-0.2, -0.15) is 0 Å². The first-order chi connectivity index (χ1) is 12.5. The number of amides is 1. The first kappa shape index (κ1) is 18.6. The Kier molecular flexibility index (Phi) is 5.74. The SMILES string of the molecule is CN1CCC(N(C)c2cccc(NC(=O)c3c(F)cccc3Cl)n2)CC1. The fourth-order valence-electron chi connectivity index (χ4n) is 3.15. The highest BCUT2D eigenvalue weighted by atomic mass is 35.5. The van der Waals surface area contributed by atoms with E-state index in [1.54, 1.807) is 6.07 Å². The van der Waals surface area contributed by atoms with E-state index >= 15 is 0 Å². The second-order valence-corrected chi connectivity index (χ2v) is 6.98. The molecule has 0 radical (unpaired) electrons. The van der Waals surface area contributed by atoms with Crippen molar-refractivity contribution < 1.29 is 9.18 Å². The number of nitrogens with one attached hydrogen (secondary N) is 1. The molecule has 1 N–H and O–H groups in total. The Labute approximate surface area is 157 Å². The van der Waals surface area contributed by atoms with Crippen molar-refractivity contribution in [3.63, 3.8) is 0 Å². The highest BCUT2D eigenvalue weighted by molar-refractivity contribution is 6.34. The van der Waals surface area contributed by atoms with Crippen LogP contribution in [0.5, 0.6) is 0 Å². The van der Waals surface area contributed by atoms with Crippen molar-refractivity contribution >= 4 is 29.1 Å². The van der Waals surface area contributed by atoms with E-state index in [1.807, 2.05) is 19.2 Å². The number of rotatable bonds is 4. The minimum absolute atomic E-state index is 0.0714. The molecule has 1 fully saturated rings.